The van der Waals surface area contributed by atoms with Crippen LogP contribution in [-0.4, -0.2) is 30.2 Å². The Morgan fingerprint density at radius 1 is 1.06 bits per heavy atom. The number of carboxylic acid groups (broad SMARTS) is 1. The molecule has 6 nitrogen and oxygen atoms in total. The van der Waals surface area contributed by atoms with Crippen LogP contribution in [0.15, 0.2) is 54.7 Å². The Kier molecular flexibility index (Phi) is 3.90. The van der Waals surface area contributed by atoms with Crippen LogP contribution >= 0.6 is 0 Å². The highest BCUT2D eigenvalue weighted by molar-refractivity contribution is 6.07. The Hall–Kier alpha value is -3.67. The van der Waals surface area contributed by atoms with Gasteiger partial charge in [-0.2, -0.15) is 0 Å². The molecule has 6 rings (SSSR count). The van der Waals surface area contributed by atoms with Gasteiger partial charge in [-0.1, -0.05) is 18.2 Å². The zero-order valence-corrected chi connectivity index (χ0v) is 17.2. The standard InChI is InChI=1S/C25H22N4O2/c1-2-28-21-6-4-3-5-18(21)19-11-17(13-26-24(19)28)23-27-20-12-16(25(30)31)9-10-22(20)29(23)14-15-7-8-15/h3-6,9-13,15H,2,7-8,14H2,1H3,(H,30,31). The number of aromatic carboxylic acids is 1. The van der Waals surface area contributed by atoms with Crippen molar-refractivity contribution in [2.45, 2.75) is 32.9 Å². The van der Waals surface area contributed by atoms with E-state index in [1.54, 1.807) is 12.1 Å². The summed E-state index contributed by atoms with van der Waals surface area (Å²) in [4.78, 5) is 21.2. The minimum Gasteiger partial charge on any atom is -0.478 e. The van der Waals surface area contributed by atoms with E-state index >= 15 is 0 Å². The fourth-order valence-corrected chi connectivity index (χ4v) is 4.59. The Balaban J connectivity index is 1.60. The number of benzene rings is 2. The quantitative estimate of drug-likeness (QED) is 0.425. The van der Waals surface area contributed by atoms with E-state index in [2.05, 4.69) is 46.4 Å². The summed E-state index contributed by atoms with van der Waals surface area (Å²) in [5, 5.41) is 11.7. The van der Waals surface area contributed by atoms with Gasteiger partial charge in [0, 0.05) is 35.6 Å². The first-order valence-corrected chi connectivity index (χ1v) is 10.7. The summed E-state index contributed by atoms with van der Waals surface area (Å²) in [6.45, 7) is 3.89. The maximum atomic E-state index is 11.4. The highest BCUT2D eigenvalue weighted by Gasteiger charge is 2.25. The fourth-order valence-electron chi connectivity index (χ4n) is 4.59. The number of nitrogens with zero attached hydrogens (tertiary/aromatic N) is 4. The SMILES string of the molecule is CCn1c2ccccc2c2cc(-c3nc4cc(C(=O)O)ccc4n3CC3CC3)cnc21. The maximum Gasteiger partial charge on any atom is 0.335 e. The van der Waals surface area contributed by atoms with Crippen molar-refractivity contribution in [3.05, 3.63) is 60.3 Å². The lowest BCUT2D eigenvalue weighted by molar-refractivity contribution is 0.0697. The van der Waals surface area contributed by atoms with Gasteiger partial charge in [0.25, 0.3) is 0 Å². The summed E-state index contributed by atoms with van der Waals surface area (Å²) in [6, 6.07) is 15.8. The lowest BCUT2D eigenvalue weighted by Crippen LogP contribution is -2.03. The summed E-state index contributed by atoms with van der Waals surface area (Å²) in [6.07, 6.45) is 4.36. The molecular formula is C25H22N4O2. The van der Waals surface area contributed by atoms with Crippen LogP contribution in [0, 0.1) is 5.92 Å². The summed E-state index contributed by atoms with van der Waals surface area (Å²) in [7, 11) is 0. The molecule has 1 fully saturated rings. The third-order valence-electron chi connectivity index (χ3n) is 6.31. The molecule has 0 radical (unpaired) electrons. The number of carbonyl (C=O) groups is 1. The molecule has 0 bridgehead atoms. The maximum absolute atomic E-state index is 11.4. The molecule has 1 saturated carbocycles. The van der Waals surface area contributed by atoms with E-state index in [0.717, 1.165) is 41.0 Å². The third-order valence-corrected chi connectivity index (χ3v) is 6.31. The summed E-state index contributed by atoms with van der Waals surface area (Å²) in [5.41, 5.74) is 5.07. The normalized spacial score (nSPS) is 14.1. The van der Waals surface area contributed by atoms with Crippen LogP contribution in [0.2, 0.25) is 0 Å². The van der Waals surface area contributed by atoms with E-state index in [-0.39, 0.29) is 5.56 Å². The average molecular weight is 410 g/mol. The zero-order valence-electron chi connectivity index (χ0n) is 17.2. The van der Waals surface area contributed by atoms with Crippen LogP contribution in [0.4, 0.5) is 0 Å². The summed E-state index contributed by atoms with van der Waals surface area (Å²) in [5.74, 6) is 0.580. The number of carboxylic acids is 1. The smallest absolute Gasteiger partial charge is 0.335 e. The molecule has 2 aromatic carbocycles. The average Bonchev–Trinajstić information content (AvgIpc) is 3.46. The molecule has 5 aromatic rings. The summed E-state index contributed by atoms with van der Waals surface area (Å²) >= 11 is 0. The molecule has 3 aromatic heterocycles. The van der Waals surface area contributed by atoms with Gasteiger partial charge >= 0.3 is 5.97 Å². The zero-order chi connectivity index (χ0) is 21.1. The number of para-hydroxylation sites is 1. The van der Waals surface area contributed by atoms with Crippen molar-refractivity contribution in [2.75, 3.05) is 0 Å². The van der Waals surface area contributed by atoms with Gasteiger partial charge in [-0.25, -0.2) is 14.8 Å². The van der Waals surface area contributed by atoms with Gasteiger partial charge in [0.1, 0.15) is 11.5 Å². The van der Waals surface area contributed by atoms with Crippen molar-refractivity contribution in [1.82, 2.24) is 19.1 Å². The molecule has 0 atom stereocenters. The Labute approximate surface area is 178 Å². The molecule has 154 valence electrons. The number of hydrogen-bond donors (Lipinski definition) is 1. The molecule has 1 N–H and O–H groups in total. The Morgan fingerprint density at radius 2 is 1.90 bits per heavy atom. The van der Waals surface area contributed by atoms with Crippen LogP contribution in [-0.2, 0) is 13.1 Å². The molecule has 0 spiro atoms. The number of hydrogen-bond acceptors (Lipinski definition) is 3. The van der Waals surface area contributed by atoms with Crippen molar-refractivity contribution in [3.63, 3.8) is 0 Å². The van der Waals surface area contributed by atoms with Gasteiger partial charge in [0.05, 0.1) is 22.1 Å². The van der Waals surface area contributed by atoms with Gasteiger partial charge in [0.2, 0.25) is 0 Å². The first-order chi connectivity index (χ1) is 15.1. The molecule has 0 unspecified atom stereocenters. The largest absolute Gasteiger partial charge is 0.478 e. The van der Waals surface area contributed by atoms with Gasteiger partial charge < -0.3 is 14.2 Å². The fraction of sp³-hybridized carbons (Fsp3) is 0.240. The predicted octanol–water partition coefficient (Wildman–Crippen LogP) is 5.33. The van der Waals surface area contributed by atoms with Crippen LogP contribution in [0.5, 0.6) is 0 Å². The Bertz CT molecular complexity index is 1490. The number of fused-ring (bicyclic) bond motifs is 4. The number of pyridine rings is 1. The van der Waals surface area contributed by atoms with Crippen molar-refractivity contribution in [1.29, 1.82) is 0 Å². The highest BCUT2D eigenvalue weighted by atomic mass is 16.4. The topological polar surface area (TPSA) is 72.9 Å². The van der Waals surface area contributed by atoms with Crippen molar-refractivity contribution in [2.24, 2.45) is 5.92 Å². The molecule has 1 aliphatic rings. The van der Waals surface area contributed by atoms with Crippen LogP contribution in [0.1, 0.15) is 30.1 Å². The lowest BCUT2D eigenvalue weighted by atomic mass is 10.1. The molecule has 0 amide bonds. The van der Waals surface area contributed by atoms with Crippen molar-refractivity contribution < 1.29 is 9.90 Å². The second-order valence-corrected chi connectivity index (χ2v) is 8.35. The van der Waals surface area contributed by atoms with Gasteiger partial charge in [-0.3, -0.25) is 0 Å². The van der Waals surface area contributed by atoms with Crippen LogP contribution in [0.25, 0.3) is 44.4 Å². The van der Waals surface area contributed by atoms with E-state index in [0.29, 0.717) is 11.4 Å². The van der Waals surface area contributed by atoms with Crippen molar-refractivity contribution in [3.8, 4) is 11.4 Å². The lowest BCUT2D eigenvalue weighted by Gasteiger charge is -2.09. The van der Waals surface area contributed by atoms with Crippen molar-refractivity contribution >= 4 is 38.9 Å². The number of imidazole rings is 1. The second kappa shape index (κ2) is 6.67. The van der Waals surface area contributed by atoms with E-state index < -0.39 is 5.97 Å². The predicted molar refractivity (Wildman–Crippen MR) is 121 cm³/mol. The molecule has 3 heterocycles. The van der Waals surface area contributed by atoms with Crippen LogP contribution in [0.3, 0.4) is 0 Å². The van der Waals surface area contributed by atoms with E-state index in [1.807, 2.05) is 12.3 Å². The minimum absolute atomic E-state index is 0.259. The first-order valence-electron chi connectivity index (χ1n) is 10.7. The number of aryl methyl sites for hydroxylation is 1. The molecule has 0 aliphatic heterocycles. The monoisotopic (exact) mass is 410 g/mol. The number of aromatic nitrogens is 4. The van der Waals surface area contributed by atoms with E-state index in [1.165, 1.54) is 23.7 Å². The number of rotatable bonds is 5. The third kappa shape index (κ3) is 2.82. The Morgan fingerprint density at radius 3 is 2.68 bits per heavy atom. The van der Waals surface area contributed by atoms with Gasteiger partial charge in [-0.05, 0) is 56.0 Å². The molecule has 6 heteroatoms. The molecular weight excluding hydrogens is 388 g/mol. The van der Waals surface area contributed by atoms with E-state index in [4.69, 9.17) is 9.97 Å². The summed E-state index contributed by atoms with van der Waals surface area (Å²) < 4.78 is 4.47. The first kappa shape index (κ1) is 18.1. The van der Waals surface area contributed by atoms with Crippen LogP contribution < -0.4 is 0 Å². The second-order valence-electron chi connectivity index (χ2n) is 8.35. The molecule has 0 saturated heterocycles. The minimum atomic E-state index is -0.935. The molecule has 1 aliphatic carbocycles. The molecule has 31 heavy (non-hydrogen) atoms. The van der Waals surface area contributed by atoms with E-state index in [9.17, 15) is 9.90 Å². The highest BCUT2D eigenvalue weighted by Crippen LogP contribution is 2.36. The van der Waals surface area contributed by atoms with Gasteiger partial charge in [0.15, 0.2) is 0 Å². The van der Waals surface area contributed by atoms with Gasteiger partial charge in [-0.15, -0.1) is 0 Å².